The minimum atomic E-state index is 0.0206. The van der Waals surface area contributed by atoms with Gasteiger partial charge in [-0.05, 0) is 60.2 Å². The number of aryl methyl sites for hydroxylation is 1. The van der Waals surface area contributed by atoms with E-state index >= 15 is 0 Å². The Morgan fingerprint density at radius 1 is 1.42 bits per heavy atom. The van der Waals surface area contributed by atoms with Crippen LogP contribution < -0.4 is 5.32 Å². The normalized spacial score (nSPS) is 23.1. The molecule has 0 bridgehead atoms. The Bertz CT molecular complexity index is 461. The maximum Gasteiger partial charge on any atom is 0.252 e. The molecular weight excluding hydrogens is 370 g/mol. The van der Waals surface area contributed by atoms with Crippen LogP contribution in [0.4, 0.5) is 0 Å². The molecule has 0 radical (unpaired) electrons. The van der Waals surface area contributed by atoms with Crippen LogP contribution in [0, 0.1) is 12.8 Å². The van der Waals surface area contributed by atoms with E-state index in [4.69, 9.17) is 0 Å². The van der Waals surface area contributed by atoms with E-state index < -0.39 is 0 Å². The maximum atomic E-state index is 12.2. The fourth-order valence-electron chi connectivity index (χ4n) is 2.56. The molecule has 1 N–H and O–H groups in total. The molecule has 1 aliphatic carbocycles. The smallest absolute Gasteiger partial charge is 0.252 e. The molecule has 0 heterocycles. The summed E-state index contributed by atoms with van der Waals surface area (Å²) in [6.07, 6.45) is 4.89. The van der Waals surface area contributed by atoms with Crippen molar-refractivity contribution in [1.82, 2.24) is 5.32 Å². The second kappa shape index (κ2) is 6.89. The zero-order chi connectivity index (χ0) is 13.8. The summed E-state index contributed by atoms with van der Waals surface area (Å²) in [4.78, 5) is 12.8. The summed E-state index contributed by atoms with van der Waals surface area (Å²) in [7, 11) is 0. The third-order valence-electron chi connectivity index (χ3n) is 3.64. The number of amides is 1. The number of alkyl halides is 1. The van der Waals surface area contributed by atoms with Crippen molar-refractivity contribution in [2.45, 2.75) is 37.4 Å². The number of benzene rings is 1. The monoisotopic (exact) mass is 387 g/mol. The number of carbonyl (C=O) groups excluding carboxylic acids is 1. The summed E-state index contributed by atoms with van der Waals surface area (Å²) in [5, 5.41) is 3.07. The van der Waals surface area contributed by atoms with E-state index in [0.717, 1.165) is 28.6 Å². The Kier molecular flexibility index (Phi) is 5.46. The fraction of sp³-hybridized carbons (Fsp3) is 0.533. The van der Waals surface area contributed by atoms with Gasteiger partial charge in [0.15, 0.2) is 0 Å². The average Bonchev–Trinajstić information content (AvgIpc) is 2.39. The molecule has 2 atom stereocenters. The lowest BCUT2D eigenvalue weighted by atomic mass is 9.89. The van der Waals surface area contributed by atoms with Crippen LogP contribution in [0.2, 0.25) is 0 Å². The van der Waals surface area contributed by atoms with Gasteiger partial charge < -0.3 is 5.32 Å². The second-order valence-corrected chi connectivity index (χ2v) is 7.47. The van der Waals surface area contributed by atoms with E-state index in [1.54, 1.807) is 0 Å². The van der Waals surface area contributed by atoms with E-state index in [1.165, 1.54) is 19.3 Å². The molecule has 0 aromatic heterocycles. The second-order valence-electron chi connectivity index (χ2n) is 5.32. The molecule has 1 saturated carbocycles. The average molecular weight is 389 g/mol. The van der Waals surface area contributed by atoms with Gasteiger partial charge in [-0.15, -0.1) is 0 Å². The molecule has 0 spiro atoms. The quantitative estimate of drug-likeness (QED) is 0.762. The lowest BCUT2D eigenvalue weighted by Gasteiger charge is -2.25. The highest BCUT2D eigenvalue weighted by atomic mass is 79.9. The topological polar surface area (TPSA) is 29.1 Å². The summed E-state index contributed by atoms with van der Waals surface area (Å²) < 4.78 is 0.859. The van der Waals surface area contributed by atoms with Crippen molar-refractivity contribution in [3.05, 3.63) is 33.8 Å². The van der Waals surface area contributed by atoms with Gasteiger partial charge >= 0.3 is 0 Å². The van der Waals surface area contributed by atoms with Crippen LogP contribution in [-0.2, 0) is 0 Å². The van der Waals surface area contributed by atoms with Gasteiger partial charge in [-0.25, -0.2) is 0 Å². The van der Waals surface area contributed by atoms with E-state index in [9.17, 15) is 4.79 Å². The lowest BCUT2D eigenvalue weighted by Crippen LogP contribution is -2.32. The molecule has 1 aromatic rings. The summed E-state index contributed by atoms with van der Waals surface area (Å²) >= 11 is 7.12. The molecule has 0 aliphatic heterocycles. The van der Waals surface area contributed by atoms with Gasteiger partial charge in [-0.3, -0.25) is 4.79 Å². The number of hydrogen-bond acceptors (Lipinski definition) is 1. The third-order valence-corrected chi connectivity index (χ3v) is 5.16. The molecular formula is C15H19Br2NO. The van der Waals surface area contributed by atoms with Crippen molar-refractivity contribution >= 4 is 37.8 Å². The van der Waals surface area contributed by atoms with Crippen LogP contribution in [0.1, 0.15) is 41.6 Å². The summed E-state index contributed by atoms with van der Waals surface area (Å²) in [5.41, 5.74) is 1.83. The number of rotatable bonds is 3. The molecule has 2 rings (SSSR count). The third kappa shape index (κ3) is 4.32. The van der Waals surface area contributed by atoms with Gasteiger partial charge in [-0.1, -0.05) is 34.0 Å². The van der Waals surface area contributed by atoms with Crippen LogP contribution >= 0.6 is 31.9 Å². The largest absolute Gasteiger partial charge is 0.352 e. The number of carbonyl (C=O) groups is 1. The minimum Gasteiger partial charge on any atom is -0.352 e. The molecule has 1 fully saturated rings. The highest BCUT2D eigenvalue weighted by molar-refractivity contribution is 9.10. The van der Waals surface area contributed by atoms with Crippen molar-refractivity contribution in [3.8, 4) is 0 Å². The van der Waals surface area contributed by atoms with Gasteiger partial charge in [0.05, 0.1) is 5.56 Å². The first-order valence-corrected chi connectivity index (χ1v) is 8.45. The van der Waals surface area contributed by atoms with E-state index in [0.29, 0.717) is 10.7 Å². The SMILES string of the molecule is Cc1ccc(Br)c(C(=O)NCC2CCCC(Br)C2)c1. The highest BCUT2D eigenvalue weighted by Gasteiger charge is 2.20. The van der Waals surface area contributed by atoms with Gasteiger partial charge in [0.25, 0.3) is 5.91 Å². The van der Waals surface area contributed by atoms with E-state index in [1.807, 2.05) is 25.1 Å². The summed E-state index contributed by atoms with van der Waals surface area (Å²) in [6, 6.07) is 5.85. The maximum absolute atomic E-state index is 12.2. The van der Waals surface area contributed by atoms with E-state index in [2.05, 4.69) is 37.2 Å². The van der Waals surface area contributed by atoms with Gasteiger partial charge in [0, 0.05) is 15.8 Å². The van der Waals surface area contributed by atoms with Gasteiger partial charge in [-0.2, -0.15) is 0 Å². The van der Waals surface area contributed by atoms with Crippen LogP contribution in [-0.4, -0.2) is 17.3 Å². The van der Waals surface area contributed by atoms with Crippen molar-refractivity contribution in [2.24, 2.45) is 5.92 Å². The Morgan fingerprint density at radius 2 is 2.21 bits per heavy atom. The zero-order valence-electron chi connectivity index (χ0n) is 11.1. The Morgan fingerprint density at radius 3 is 2.95 bits per heavy atom. The number of halogens is 2. The van der Waals surface area contributed by atoms with Crippen LogP contribution in [0.15, 0.2) is 22.7 Å². The predicted molar refractivity (Wildman–Crippen MR) is 85.9 cm³/mol. The summed E-state index contributed by atoms with van der Waals surface area (Å²) in [6.45, 7) is 2.78. The van der Waals surface area contributed by atoms with Crippen LogP contribution in [0.25, 0.3) is 0 Å². The molecule has 4 heteroatoms. The van der Waals surface area contributed by atoms with Crippen molar-refractivity contribution in [2.75, 3.05) is 6.54 Å². The van der Waals surface area contributed by atoms with Crippen molar-refractivity contribution in [3.63, 3.8) is 0 Å². The van der Waals surface area contributed by atoms with Crippen molar-refractivity contribution < 1.29 is 4.79 Å². The van der Waals surface area contributed by atoms with Crippen LogP contribution in [0.3, 0.4) is 0 Å². The molecule has 1 aliphatic rings. The minimum absolute atomic E-state index is 0.0206. The molecule has 104 valence electrons. The molecule has 1 aromatic carbocycles. The molecule has 2 unspecified atom stereocenters. The highest BCUT2D eigenvalue weighted by Crippen LogP contribution is 2.28. The number of hydrogen-bond donors (Lipinski definition) is 1. The Balaban J connectivity index is 1.92. The van der Waals surface area contributed by atoms with E-state index in [-0.39, 0.29) is 5.91 Å². The zero-order valence-corrected chi connectivity index (χ0v) is 14.3. The Hall–Kier alpha value is -0.350. The molecule has 1 amide bonds. The first kappa shape index (κ1) is 15.0. The van der Waals surface area contributed by atoms with Gasteiger partial charge in [0.1, 0.15) is 0 Å². The molecule has 0 saturated heterocycles. The Labute approximate surface area is 131 Å². The first-order valence-electron chi connectivity index (χ1n) is 6.74. The summed E-state index contributed by atoms with van der Waals surface area (Å²) in [5.74, 6) is 0.623. The van der Waals surface area contributed by atoms with Gasteiger partial charge in [0.2, 0.25) is 0 Å². The fourth-order valence-corrected chi connectivity index (χ4v) is 3.84. The standard InChI is InChI=1S/C15H19Br2NO/c1-10-5-6-14(17)13(7-10)15(19)18-9-11-3-2-4-12(16)8-11/h5-7,11-12H,2-4,8-9H2,1H3,(H,18,19). The molecule has 2 nitrogen and oxygen atoms in total. The van der Waals surface area contributed by atoms with Crippen molar-refractivity contribution in [1.29, 1.82) is 0 Å². The first-order chi connectivity index (χ1) is 9.06. The lowest BCUT2D eigenvalue weighted by molar-refractivity contribution is 0.0943. The predicted octanol–water partition coefficient (Wildman–Crippen LogP) is 4.44. The molecule has 19 heavy (non-hydrogen) atoms. The van der Waals surface area contributed by atoms with Crippen LogP contribution in [0.5, 0.6) is 0 Å². The number of nitrogens with one attached hydrogen (secondary N) is 1.